The molecule has 58 heavy (non-hydrogen) atoms. The van der Waals surface area contributed by atoms with Crippen molar-refractivity contribution < 1.29 is 19.3 Å². The second-order valence-corrected chi connectivity index (χ2v) is 30.2. The Morgan fingerprint density at radius 2 is 1.17 bits per heavy atom. The van der Waals surface area contributed by atoms with Gasteiger partial charge in [-0.25, -0.2) is 0 Å². The topological polar surface area (TPSA) is 0 Å². The van der Waals surface area contributed by atoms with E-state index in [4.69, 9.17) is 23.2 Å². The van der Waals surface area contributed by atoms with Crippen molar-refractivity contribution in [1.82, 2.24) is 0 Å². The third-order valence-electron chi connectivity index (χ3n) is 14.7. The van der Waals surface area contributed by atoms with Gasteiger partial charge in [0.2, 0.25) is 0 Å². The number of fused-ring (bicyclic) bond motifs is 3. The van der Waals surface area contributed by atoms with Gasteiger partial charge in [-0.1, -0.05) is 0 Å². The van der Waals surface area contributed by atoms with E-state index in [1.165, 1.54) is 83.9 Å². The maximum Gasteiger partial charge on any atom is -0.147 e. The normalized spacial score (nSPS) is 24.2. The minimum atomic E-state index is -4.09. The number of hydrogen-bond acceptors (Lipinski definition) is 0. The van der Waals surface area contributed by atoms with Crippen LogP contribution in [-0.4, -0.2) is 7.42 Å². The van der Waals surface area contributed by atoms with E-state index in [2.05, 4.69) is 148 Å². The number of halogens is 4. The molecule has 1 atom stereocenters. The van der Waals surface area contributed by atoms with Crippen molar-refractivity contribution in [3.8, 4) is 11.1 Å². The Morgan fingerprint density at radius 1 is 0.672 bits per heavy atom. The molecule has 0 nitrogen and oxygen atoms in total. The van der Waals surface area contributed by atoms with Crippen LogP contribution in [0.5, 0.6) is 0 Å². The van der Waals surface area contributed by atoms with Crippen LogP contribution < -0.4 is 3.27 Å². The van der Waals surface area contributed by atoms with Crippen LogP contribution in [0.3, 0.4) is 0 Å². The number of rotatable bonds is 6. The fourth-order valence-corrected chi connectivity index (χ4v) is 25.4. The van der Waals surface area contributed by atoms with Crippen LogP contribution >= 0.6 is 48.0 Å². The first-order chi connectivity index (χ1) is 26.5. The summed E-state index contributed by atoms with van der Waals surface area (Å²) in [6.45, 7) is 19.3. The van der Waals surface area contributed by atoms with Gasteiger partial charge in [-0.2, -0.15) is 0 Å². The van der Waals surface area contributed by atoms with Crippen molar-refractivity contribution in [3.05, 3.63) is 143 Å². The second kappa shape index (κ2) is 16.1. The van der Waals surface area contributed by atoms with E-state index in [0.717, 1.165) is 34.2 Å². The van der Waals surface area contributed by atoms with Gasteiger partial charge in [0.15, 0.2) is 0 Å². The molecule has 0 aliphatic heterocycles. The zero-order valence-electron chi connectivity index (χ0n) is 35.8. The largest absolute Gasteiger partial charge is 0.147 e. The minimum Gasteiger partial charge on any atom is -0.147 e. The molecular formula is C53H62Cl4Zr. The summed E-state index contributed by atoms with van der Waals surface area (Å²) in [6, 6.07) is 30.0. The SMILES string of the molecule is CC1=[C]([Zr](=[CH]c2ccc(Cl)cc2)(=[CH]c2ccc(Cl)cc2)[c]2cc(C(C)(C)C)cc3c2Cc2ccc(C(C)(C)C)cc2-3)C(C)C=C1CC12CC3CC(CC(C3)C1)C2.Cl.Cl. The van der Waals surface area contributed by atoms with Crippen LogP contribution in [-0.2, 0) is 36.5 Å². The van der Waals surface area contributed by atoms with E-state index in [1.807, 2.05) is 0 Å². The number of benzene rings is 4. The fraction of sp³-hybridized carbons (Fsp3) is 0.434. The standard InChI is InChI=1S/C21H25.C18H25.2C7H5Cl.2ClH.Zr/c1-20(2,3)16-9-7-14-11-15-8-10-17(21(4,5)6)13-19(15)18(14)12-16;1-12-3-13(2)17(4-12)11-18-8-14-5-15(9-18)7-16(6-14)10-18;2*1-6-2-4-7(8)5-3-6;;;/h7,9-10,12-13H,11H2,1-6H3;4,12,14-16H,5-11H2,1-2H3;2*1-5H;2*1H;. The molecule has 0 heterocycles. The van der Waals surface area contributed by atoms with Crippen LogP contribution in [0.25, 0.3) is 11.1 Å². The monoisotopic (exact) mass is 928 g/mol. The van der Waals surface area contributed by atoms with Gasteiger partial charge in [-0.05, 0) is 0 Å². The molecule has 5 heteroatoms. The minimum absolute atomic E-state index is 0. The Labute approximate surface area is 375 Å². The summed E-state index contributed by atoms with van der Waals surface area (Å²) in [6.07, 6.45) is 13.8. The molecule has 4 aromatic rings. The molecular weight excluding hydrogens is 870 g/mol. The maximum absolute atomic E-state index is 6.59. The number of hydrogen-bond donors (Lipinski definition) is 0. The zero-order chi connectivity index (χ0) is 39.4. The van der Waals surface area contributed by atoms with Gasteiger partial charge in [-0.3, -0.25) is 0 Å². The Morgan fingerprint density at radius 3 is 1.67 bits per heavy atom. The van der Waals surface area contributed by atoms with Gasteiger partial charge < -0.3 is 0 Å². The summed E-state index contributed by atoms with van der Waals surface area (Å²) < 4.78 is 8.93. The molecule has 4 fully saturated rings. The molecule has 4 saturated carbocycles. The van der Waals surface area contributed by atoms with Crippen molar-refractivity contribution in [3.63, 3.8) is 0 Å². The Kier molecular flexibility index (Phi) is 12.3. The Bertz CT molecular complexity index is 2330. The third-order valence-corrected chi connectivity index (χ3v) is 26.6. The first kappa shape index (κ1) is 44.2. The molecule has 0 saturated heterocycles. The van der Waals surface area contributed by atoms with E-state index in [1.54, 1.807) is 23.3 Å². The number of allylic oxidation sites excluding steroid dienone is 4. The summed E-state index contributed by atoms with van der Waals surface area (Å²) in [7, 11) is 0. The van der Waals surface area contributed by atoms with E-state index in [9.17, 15) is 0 Å². The summed E-state index contributed by atoms with van der Waals surface area (Å²) in [4.78, 5) is 0. The first-order valence-corrected chi connectivity index (χ1v) is 27.5. The summed E-state index contributed by atoms with van der Waals surface area (Å²) in [5, 5.41) is 1.57. The molecule has 0 N–H and O–H groups in total. The van der Waals surface area contributed by atoms with Crippen LogP contribution in [0, 0.1) is 29.1 Å². The summed E-state index contributed by atoms with van der Waals surface area (Å²) in [5.41, 5.74) is 15.1. The average molecular weight is 932 g/mol. The molecule has 6 aliphatic rings. The Balaban J connectivity index is 0.00000256. The maximum atomic E-state index is 6.59. The van der Waals surface area contributed by atoms with E-state index < -0.39 is 19.3 Å². The molecule has 0 radical (unpaired) electrons. The molecule has 10 rings (SSSR count). The predicted molar refractivity (Wildman–Crippen MR) is 255 cm³/mol. The van der Waals surface area contributed by atoms with Crippen LogP contribution in [0.2, 0.25) is 10.0 Å². The zero-order valence-corrected chi connectivity index (χ0v) is 41.4. The van der Waals surface area contributed by atoms with Gasteiger partial charge >= 0.3 is 354 Å². The molecule has 1 unspecified atom stereocenters. The molecule has 4 bridgehead atoms. The van der Waals surface area contributed by atoms with E-state index in [-0.39, 0.29) is 35.6 Å². The van der Waals surface area contributed by atoms with Gasteiger partial charge in [0.25, 0.3) is 0 Å². The molecule has 6 aliphatic carbocycles. The predicted octanol–water partition coefficient (Wildman–Crippen LogP) is 14.9. The first-order valence-electron chi connectivity index (χ1n) is 21.5. The molecule has 306 valence electrons. The second-order valence-electron chi connectivity index (χ2n) is 21.0. The summed E-state index contributed by atoms with van der Waals surface area (Å²) in [5.74, 6) is 3.25. The van der Waals surface area contributed by atoms with Crippen molar-refractivity contribution in [2.45, 2.75) is 118 Å². The molecule has 4 aromatic carbocycles. The van der Waals surface area contributed by atoms with Gasteiger partial charge in [-0.15, -0.1) is 24.8 Å². The van der Waals surface area contributed by atoms with Crippen LogP contribution in [0.1, 0.15) is 134 Å². The third kappa shape index (κ3) is 8.13. The van der Waals surface area contributed by atoms with E-state index >= 15 is 0 Å². The van der Waals surface area contributed by atoms with Crippen molar-refractivity contribution in [1.29, 1.82) is 0 Å². The molecule has 0 amide bonds. The van der Waals surface area contributed by atoms with Crippen LogP contribution in [0.15, 0.2) is 99.4 Å². The fourth-order valence-electron chi connectivity index (χ4n) is 12.5. The van der Waals surface area contributed by atoms with Crippen LogP contribution in [0.4, 0.5) is 0 Å². The van der Waals surface area contributed by atoms with Crippen molar-refractivity contribution in [2.75, 3.05) is 0 Å². The summed E-state index contributed by atoms with van der Waals surface area (Å²) >= 11 is 9.10. The van der Waals surface area contributed by atoms with E-state index in [0.29, 0.717) is 11.3 Å². The van der Waals surface area contributed by atoms with Gasteiger partial charge in [0, 0.05) is 0 Å². The molecule has 0 aromatic heterocycles. The smallest absolute Gasteiger partial charge is 0.147 e. The average Bonchev–Trinajstić information content (AvgIpc) is 3.63. The molecule has 0 spiro atoms. The Hall–Kier alpha value is -1.86. The van der Waals surface area contributed by atoms with Gasteiger partial charge in [0.1, 0.15) is 0 Å². The quantitative estimate of drug-likeness (QED) is 0.159. The van der Waals surface area contributed by atoms with Crippen molar-refractivity contribution >= 4 is 58.7 Å². The van der Waals surface area contributed by atoms with Gasteiger partial charge in [0.05, 0.1) is 0 Å². The van der Waals surface area contributed by atoms with Crippen molar-refractivity contribution in [2.24, 2.45) is 29.1 Å².